The highest BCUT2D eigenvalue weighted by Gasteiger charge is 2.24. The first-order chi connectivity index (χ1) is 9.62. The van der Waals surface area contributed by atoms with E-state index in [2.05, 4.69) is 10.5 Å². The molecule has 1 aromatic heterocycles. The average molecular weight is 276 g/mol. The summed E-state index contributed by atoms with van der Waals surface area (Å²) in [6.45, 7) is 2.02. The number of aromatic nitrogens is 2. The third-order valence-corrected chi connectivity index (χ3v) is 3.31. The van der Waals surface area contributed by atoms with Crippen LogP contribution in [0.25, 0.3) is 0 Å². The number of hydrogen-bond acceptors (Lipinski definition) is 5. The second-order valence-electron chi connectivity index (χ2n) is 4.57. The van der Waals surface area contributed by atoms with E-state index in [-0.39, 0.29) is 6.04 Å². The largest absolute Gasteiger partial charge is 0.496 e. The van der Waals surface area contributed by atoms with Gasteiger partial charge in [-0.1, -0.05) is 12.1 Å². The normalized spacial score (nSPS) is 12.2. The lowest BCUT2D eigenvalue weighted by molar-refractivity contribution is 0.390. The van der Waals surface area contributed by atoms with E-state index < -0.39 is 0 Å². The zero-order valence-electron chi connectivity index (χ0n) is 12.2. The van der Waals surface area contributed by atoms with Gasteiger partial charge < -0.3 is 9.47 Å². The summed E-state index contributed by atoms with van der Waals surface area (Å²) in [5.74, 6) is 7.20. The molecule has 6 nitrogen and oxygen atoms in total. The lowest BCUT2D eigenvalue weighted by Crippen LogP contribution is -2.31. The van der Waals surface area contributed by atoms with E-state index in [0.717, 1.165) is 22.6 Å². The summed E-state index contributed by atoms with van der Waals surface area (Å²) >= 11 is 0. The van der Waals surface area contributed by atoms with Gasteiger partial charge in [0.05, 0.1) is 26.5 Å². The molecule has 0 saturated heterocycles. The number of aryl methyl sites for hydroxylation is 2. The Bertz CT molecular complexity index is 595. The molecule has 3 N–H and O–H groups in total. The predicted molar refractivity (Wildman–Crippen MR) is 76.7 cm³/mol. The molecule has 2 rings (SSSR count). The number of methoxy groups -OCH3 is 2. The molecular formula is C14H20N4O2. The van der Waals surface area contributed by atoms with Crippen LogP contribution in [-0.4, -0.2) is 24.0 Å². The Labute approximate surface area is 118 Å². The summed E-state index contributed by atoms with van der Waals surface area (Å²) in [4.78, 5) is 0. The predicted octanol–water partition coefficient (Wildman–Crippen LogP) is 1.30. The second-order valence-corrected chi connectivity index (χ2v) is 4.57. The number of hydrazine groups is 1. The van der Waals surface area contributed by atoms with Crippen molar-refractivity contribution < 1.29 is 9.47 Å². The lowest BCUT2D eigenvalue weighted by Gasteiger charge is -2.20. The minimum absolute atomic E-state index is 0.270. The molecule has 2 aromatic rings. The molecule has 6 heteroatoms. The number of hydrogen-bond donors (Lipinski definition) is 2. The van der Waals surface area contributed by atoms with Crippen LogP contribution in [0.2, 0.25) is 0 Å². The Hall–Kier alpha value is -2.05. The quantitative estimate of drug-likeness (QED) is 0.636. The van der Waals surface area contributed by atoms with E-state index >= 15 is 0 Å². The Morgan fingerprint density at radius 2 is 1.95 bits per heavy atom. The maximum atomic E-state index is 5.75. The summed E-state index contributed by atoms with van der Waals surface area (Å²) in [6, 6.07) is 5.71. The number of rotatable bonds is 5. The fraction of sp³-hybridized carbons (Fsp3) is 0.357. The minimum Gasteiger partial charge on any atom is -0.496 e. The van der Waals surface area contributed by atoms with Gasteiger partial charge in [-0.05, 0) is 18.6 Å². The standard InChI is InChI=1S/C14H20N4O2/c1-9-5-6-10(11(7-9)19-3)13(17-15)14-12(20-4)8-16-18(14)2/h5-8,13,17H,15H2,1-4H3. The van der Waals surface area contributed by atoms with Gasteiger partial charge in [-0.25, -0.2) is 5.43 Å². The molecule has 0 aliphatic heterocycles. The van der Waals surface area contributed by atoms with E-state index in [1.54, 1.807) is 25.1 Å². The maximum Gasteiger partial charge on any atom is 0.161 e. The molecular weight excluding hydrogens is 256 g/mol. The Kier molecular flexibility index (Phi) is 4.26. The molecule has 0 saturated carbocycles. The van der Waals surface area contributed by atoms with Crippen molar-refractivity contribution in [1.82, 2.24) is 15.2 Å². The highest BCUT2D eigenvalue weighted by Crippen LogP contribution is 2.34. The molecule has 0 aliphatic carbocycles. The number of nitrogens with two attached hydrogens (primary N) is 1. The van der Waals surface area contributed by atoms with Crippen molar-refractivity contribution in [3.63, 3.8) is 0 Å². The SMILES string of the molecule is COc1cc(C)ccc1C(NN)c1c(OC)cnn1C. The van der Waals surface area contributed by atoms with E-state index in [9.17, 15) is 0 Å². The van der Waals surface area contributed by atoms with E-state index in [4.69, 9.17) is 15.3 Å². The molecule has 1 unspecified atom stereocenters. The van der Waals surface area contributed by atoms with Gasteiger partial charge in [-0.2, -0.15) is 5.10 Å². The minimum atomic E-state index is -0.270. The zero-order chi connectivity index (χ0) is 14.7. The summed E-state index contributed by atoms with van der Waals surface area (Å²) in [5, 5.41) is 4.21. The van der Waals surface area contributed by atoms with Crippen LogP contribution in [0.4, 0.5) is 0 Å². The summed E-state index contributed by atoms with van der Waals surface area (Å²) < 4.78 is 12.5. The summed E-state index contributed by atoms with van der Waals surface area (Å²) in [5.41, 5.74) is 5.71. The van der Waals surface area contributed by atoms with E-state index in [0.29, 0.717) is 5.75 Å². The van der Waals surface area contributed by atoms with Crippen LogP contribution in [0.15, 0.2) is 24.4 Å². The number of nitrogens with one attached hydrogen (secondary N) is 1. The van der Waals surface area contributed by atoms with Gasteiger partial charge in [0.25, 0.3) is 0 Å². The molecule has 20 heavy (non-hydrogen) atoms. The van der Waals surface area contributed by atoms with Gasteiger partial charge in [0.2, 0.25) is 0 Å². The zero-order valence-corrected chi connectivity index (χ0v) is 12.2. The van der Waals surface area contributed by atoms with Crippen LogP contribution < -0.4 is 20.7 Å². The van der Waals surface area contributed by atoms with Gasteiger partial charge in [0.1, 0.15) is 11.4 Å². The molecule has 0 fully saturated rings. The van der Waals surface area contributed by atoms with Crippen molar-refractivity contribution in [3.8, 4) is 11.5 Å². The van der Waals surface area contributed by atoms with Crippen LogP contribution in [0, 0.1) is 6.92 Å². The lowest BCUT2D eigenvalue weighted by atomic mass is 10.0. The monoisotopic (exact) mass is 276 g/mol. The van der Waals surface area contributed by atoms with Crippen molar-refractivity contribution >= 4 is 0 Å². The van der Waals surface area contributed by atoms with Gasteiger partial charge >= 0.3 is 0 Å². The highest BCUT2D eigenvalue weighted by molar-refractivity contribution is 5.45. The topological polar surface area (TPSA) is 74.3 Å². The Balaban J connectivity index is 2.55. The van der Waals surface area contributed by atoms with E-state index in [1.165, 1.54) is 0 Å². The van der Waals surface area contributed by atoms with Gasteiger partial charge in [-0.3, -0.25) is 10.5 Å². The molecule has 1 heterocycles. The second kappa shape index (κ2) is 5.94. The number of benzene rings is 1. The fourth-order valence-corrected chi connectivity index (χ4v) is 2.29. The first kappa shape index (κ1) is 14.4. The average Bonchev–Trinajstić information content (AvgIpc) is 2.82. The third-order valence-electron chi connectivity index (χ3n) is 3.31. The molecule has 0 radical (unpaired) electrons. The van der Waals surface area contributed by atoms with Gasteiger partial charge in [0, 0.05) is 12.6 Å². The van der Waals surface area contributed by atoms with Gasteiger partial charge in [0.15, 0.2) is 5.75 Å². The molecule has 0 amide bonds. The molecule has 1 atom stereocenters. The van der Waals surface area contributed by atoms with Crippen molar-refractivity contribution in [2.24, 2.45) is 12.9 Å². The van der Waals surface area contributed by atoms with Gasteiger partial charge in [-0.15, -0.1) is 0 Å². The van der Waals surface area contributed by atoms with Crippen LogP contribution in [0.3, 0.4) is 0 Å². The molecule has 0 aliphatic rings. The molecule has 1 aromatic carbocycles. The molecule has 0 bridgehead atoms. The Morgan fingerprint density at radius 1 is 1.25 bits per heavy atom. The summed E-state index contributed by atoms with van der Waals surface area (Å²) in [7, 11) is 5.11. The van der Waals surface area contributed by atoms with Crippen LogP contribution in [0.5, 0.6) is 11.5 Å². The van der Waals surface area contributed by atoms with E-state index in [1.807, 2.05) is 32.2 Å². The smallest absolute Gasteiger partial charge is 0.161 e. The molecule has 0 spiro atoms. The first-order valence-electron chi connectivity index (χ1n) is 6.29. The van der Waals surface area contributed by atoms with Crippen LogP contribution in [0.1, 0.15) is 22.9 Å². The van der Waals surface area contributed by atoms with Crippen molar-refractivity contribution in [2.75, 3.05) is 14.2 Å². The van der Waals surface area contributed by atoms with Crippen molar-refractivity contribution in [1.29, 1.82) is 0 Å². The van der Waals surface area contributed by atoms with Crippen LogP contribution >= 0.6 is 0 Å². The highest BCUT2D eigenvalue weighted by atomic mass is 16.5. The number of nitrogens with zero attached hydrogens (tertiary/aromatic N) is 2. The maximum absolute atomic E-state index is 5.75. The van der Waals surface area contributed by atoms with Crippen LogP contribution in [-0.2, 0) is 7.05 Å². The third kappa shape index (κ3) is 2.48. The molecule has 108 valence electrons. The van der Waals surface area contributed by atoms with Crippen molar-refractivity contribution in [3.05, 3.63) is 41.2 Å². The number of ether oxygens (including phenoxy) is 2. The van der Waals surface area contributed by atoms with Crippen molar-refractivity contribution in [2.45, 2.75) is 13.0 Å². The first-order valence-corrected chi connectivity index (χ1v) is 6.29. The Morgan fingerprint density at radius 3 is 2.55 bits per heavy atom. The summed E-state index contributed by atoms with van der Waals surface area (Å²) in [6.07, 6.45) is 1.67. The fourth-order valence-electron chi connectivity index (χ4n) is 2.29.